The number of nitrogens with one attached hydrogen (secondary N) is 1. The Morgan fingerprint density at radius 3 is 2.38 bits per heavy atom. The first-order chi connectivity index (χ1) is 6.22. The maximum Gasteiger partial charge on any atom is 0.0613 e. The quantitative estimate of drug-likeness (QED) is 0.588. The molecule has 0 amide bonds. The van der Waals surface area contributed by atoms with Crippen LogP contribution in [0.4, 0.5) is 0 Å². The van der Waals surface area contributed by atoms with E-state index < -0.39 is 0 Å². The Morgan fingerprint density at radius 1 is 1.31 bits per heavy atom. The zero-order valence-electron chi connectivity index (χ0n) is 8.42. The van der Waals surface area contributed by atoms with Crippen LogP contribution < -0.4 is 5.32 Å². The number of hydrogen-bond donors (Lipinski definition) is 3. The number of aliphatic hydroxyl groups is 2. The molecule has 0 saturated heterocycles. The lowest BCUT2D eigenvalue weighted by atomic mass is 9.98. The van der Waals surface area contributed by atoms with Crippen LogP contribution in [0.3, 0.4) is 0 Å². The van der Waals surface area contributed by atoms with Crippen molar-refractivity contribution in [1.29, 1.82) is 0 Å². The summed E-state index contributed by atoms with van der Waals surface area (Å²) in [5, 5.41) is 21.5. The van der Waals surface area contributed by atoms with E-state index in [0.717, 1.165) is 19.4 Å². The first-order valence-corrected chi connectivity index (χ1v) is 5.19. The molecule has 0 aromatic carbocycles. The molecule has 0 aliphatic heterocycles. The second kappa shape index (κ2) is 4.94. The molecule has 1 aliphatic carbocycles. The van der Waals surface area contributed by atoms with Crippen molar-refractivity contribution >= 4 is 0 Å². The minimum absolute atomic E-state index is 0.0383. The molecular formula is C10H21NO2. The molecule has 0 heterocycles. The van der Waals surface area contributed by atoms with Gasteiger partial charge in [-0.25, -0.2) is 0 Å². The first kappa shape index (κ1) is 11.0. The molecule has 0 aromatic heterocycles. The lowest BCUT2D eigenvalue weighted by Crippen LogP contribution is -2.48. The Morgan fingerprint density at radius 2 is 1.92 bits per heavy atom. The predicted octanol–water partition coefficient (Wildman–Crippen LogP) is 0.509. The van der Waals surface area contributed by atoms with Crippen LogP contribution in [0.15, 0.2) is 0 Å². The van der Waals surface area contributed by atoms with E-state index >= 15 is 0 Å². The van der Waals surface area contributed by atoms with E-state index in [1.165, 1.54) is 12.8 Å². The van der Waals surface area contributed by atoms with Crippen molar-refractivity contribution in [3.63, 3.8) is 0 Å². The van der Waals surface area contributed by atoms with Crippen molar-refractivity contribution in [2.75, 3.05) is 19.8 Å². The van der Waals surface area contributed by atoms with Gasteiger partial charge in [0.05, 0.1) is 6.61 Å². The van der Waals surface area contributed by atoms with E-state index in [1.807, 2.05) is 6.92 Å². The predicted molar refractivity (Wildman–Crippen MR) is 52.5 cm³/mol. The molecule has 1 fully saturated rings. The van der Waals surface area contributed by atoms with Crippen molar-refractivity contribution < 1.29 is 10.2 Å². The van der Waals surface area contributed by atoms with Gasteiger partial charge in [-0.3, -0.25) is 0 Å². The summed E-state index contributed by atoms with van der Waals surface area (Å²) in [5.41, 5.74) is -0.0383. The summed E-state index contributed by atoms with van der Waals surface area (Å²) in [7, 11) is 0. The summed E-state index contributed by atoms with van der Waals surface area (Å²) in [4.78, 5) is 0. The molecule has 3 nitrogen and oxygen atoms in total. The average molecular weight is 187 g/mol. The fraction of sp³-hybridized carbons (Fsp3) is 1.00. The zero-order valence-corrected chi connectivity index (χ0v) is 8.42. The summed E-state index contributed by atoms with van der Waals surface area (Å²) in [6.07, 6.45) is 4.56. The largest absolute Gasteiger partial charge is 0.396 e. The van der Waals surface area contributed by atoms with Crippen LogP contribution in [-0.4, -0.2) is 35.5 Å². The van der Waals surface area contributed by atoms with Gasteiger partial charge in [0.15, 0.2) is 0 Å². The molecule has 0 bridgehead atoms. The van der Waals surface area contributed by atoms with Crippen molar-refractivity contribution in [1.82, 2.24) is 5.32 Å². The molecule has 1 aliphatic rings. The zero-order chi connectivity index (χ0) is 9.73. The van der Waals surface area contributed by atoms with Crippen LogP contribution in [0, 0.1) is 5.92 Å². The Balaban J connectivity index is 2.31. The summed E-state index contributed by atoms with van der Waals surface area (Å²) in [6, 6.07) is 0. The smallest absolute Gasteiger partial charge is 0.0613 e. The van der Waals surface area contributed by atoms with Gasteiger partial charge < -0.3 is 15.5 Å². The van der Waals surface area contributed by atoms with E-state index in [1.54, 1.807) is 0 Å². The van der Waals surface area contributed by atoms with E-state index in [2.05, 4.69) is 5.32 Å². The van der Waals surface area contributed by atoms with Crippen molar-refractivity contribution in [2.24, 2.45) is 5.92 Å². The minimum atomic E-state index is -0.0383. The molecule has 1 rings (SSSR count). The van der Waals surface area contributed by atoms with Crippen LogP contribution in [0.5, 0.6) is 0 Å². The molecule has 0 radical (unpaired) electrons. The third-order valence-electron chi connectivity index (χ3n) is 3.00. The highest BCUT2D eigenvalue weighted by molar-refractivity contribution is 4.92. The summed E-state index contributed by atoms with van der Waals surface area (Å²) < 4.78 is 0. The summed E-state index contributed by atoms with van der Waals surface area (Å²) in [5.74, 6) is 0.282. The molecule has 1 unspecified atom stereocenters. The molecule has 3 heteroatoms. The fourth-order valence-electron chi connectivity index (χ4n) is 1.90. The van der Waals surface area contributed by atoms with Crippen molar-refractivity contribution in [2.45, 2.75) is 38.1 Å². The van der Waals surface area contributed by atoms with E-state index in [4.69, 9.17) is 5.11 Å². The Bertz CT molecular complexity index is 144. The van der Waals surface area contributed by atoms with Crippen LogP contribution in [0.2, 0.25) is 0 Å². The summed E-state index contributed by atoms with van der Waals surface area (Å²) in [6.45, 7) is 3.25. The lowest BCUT2D eigenvalue weighted by Gasteiger charge is -2.29. The van der Waals surface area contributed by atoms with Gasteiger partial charge >= 0.3 is 0 Å². The topological polar surface area (TPSA) is 52.5 Å². The molecule has 1 saturated carbocycles. The molecule has 3 N–H and O–H groups in total. The highest BCUT2D eigenvalue weighted by atomic mass is 16.3. The Kier molecular flexibility index (Phi) is 4.16. The summed E-state index contributed by atoms with van der Waals surface area (Å²) >= 11 is 0. The van der Waals surface area contributed by atoms with Crippen molar-refractivity contribution in [3.8, 4) is 0 Å². The Labute approximate surface area is 80.2 Å². The maximum atomic E-state index is 9.28. The second-order valence-corrected chi connectivity index (χ2v) is 4.31. The second-order valence-electron chi connectivity index (χ2n) is 4.31. The number of rotatable bonds is 5. The average Bonchev–Trinajstić information content (AvgIpc) is 2.63. The molecule has 1 atom stereocenters. The van der Waals surface area contributed by atoms with E-state index in [0.29, 0.717) is 0 Å². The van der Waals surface area contributed by atoms with Gasteiger partial charge in [-0.2, -0.15) is 0 Å². The maximum absolute atomic E-state index is 9.28. The SMILES string of the molecule is CC(CO)CNC1(CO)CCCC1. The van der Waals surface area contributed by atoms with Crippen molar-refractivity contribution in [3.05, 3.63) is 0 Å². The van der Waals surface area contributed by atoms with Crippen LogP contribution in [0.25, 0.3) is 0 Å². The van der Waals surface area contributed by atoms with Gasteiger partial charge in [0.2, 0.25) is 0 Å². The molecule has 0 spiro atoms. The minimum Gasteiger partial charge on any atom is -0.396 e. The molecule has 0 aromatic rings. The molecular weight excluding hydrogens is 166 g/mol. The molecule has 13 heavy (non-hydrogen) atoms. The standard InChI is InChI=1S/C10H21NO2/c1-9(7-12)6-11-10(8-13)4-2-3-5-10/h9,11-13H,2-8H2,1H3. The van der Waals surface area contributed by atoms with Gasteiger partial charge in [-0.1, -0.05) is 19.8 Å². The van der Waals surface area contributed by atoms with Crippen LogP contribution in [-0.2, 0) is 0 Å². The van der Waals surface area contributed by atoms with Gasteiger partial charge in [0.25, 0.3) is 0 Å². The van der Waals surface area contributed by atoms with Gasteiger partial charge in [0, 0.05) is 18.7 Å². The van der Waals surface area contributed by atoms with Crippen LogP contribution in [0.1, 0.15) is 32.6 Å². The third-order valence-corrected chi connectivity index (χ3v) is 3.00. The van der Waals surface area contributed by atoms with E-state index in [-0.39, 0.29) is 24.7 Å². The lowest BCUT2D eigenvalue weighted by molar-refractivity contribution is 0.149. The highest BCUT2D eigenvalue weighted by Gasteiger charge is 2.32. The monoisotopic (exact) mass is 187 g/mol. The first-order valence-electron chi connectivity index (χ1n) is 5.19. The van der Waals surface area contributed by atoms with Gasteiger partial charge in [-0.15, -0.1) is 0 Å². The fourth-order valence-corrected chi connectivity index (χ4v) is 1.90. The number of aliphatic hydroxyl groups excluding tert-OH is 2. The number of hydrogen-bond acceptors (Lipinski definition) is 3. The van der Waals surface area contributed by atoms with Gasteiger partial charge in [0.1, 0.15) is 0 Å². The Hall–Kier alpha value is -0.120. The van der Waals surface area contributed by atoms with Crippen LogP contribution >= 0.6 is 0 Å². The van der Waals surface area contributed by atoms with Gasteiger partial charge in [-0.05, 0) is 18.8 Å². The highest BCUT2D eigenvalue weighted by Crippen LogP contribution is 2.29. The van der Waals surface area contributed by atoms with E-state index in [9.17, 15) is 5.11 Å². The normalized spacial score (nSPS) is 23.3. The third kappa shape index (κ3) is 2.93. The molecule has 78 valence electrons.